The third-order valence-electron chi connectivity index (χ3n) is 3.16. The van der Waals surface area contributed by atoms with Gasteiger partial charge in [-0.25, -0.2) is 0 Å². The summed E-state index contributed by atoms with van der Waals surface area (Å²) in [6, 6.07) is 7.56. The van der Waals surface area contributed by atoms with Crippen LogP contribution in [0.5, 0.6) is 0 Å². The van der Waals surface area contributed by atoms with Gasteiger partial charge in [0.05, 0.1) is 12.6 Å². The van der Waals surface area contributed by atoms with E-state index in [1.807, 2.05) is 31.2 Å². The zero-order valence-electron chi connectivity index (χ0n) is 10.6. The van der Waals surface area contributed by atoms with Crippen molar-refractivity contribution in [3.63, 3.8) is 0 Å². The number of halogens is 1. The van der Waals surface area contributed by atoms with Crippen molar-refractivity contribution < 1.29 is 4.79 Å². The monoisotopic (exact) mass is 266 g/mol. The van der Waals surface area contributed by atoms with Gasteiger partial charge in [0, 0.05) is 5.02 Å². The maximum absolute atomic E-state index is 11.7. The van der Waals surface area contributed by atoms with Gasteiger partial charge < -0.3 is 10.6 Å². The van der Waals surface area contributed by atoms with Crippen molar-refractivity contribution in [2.75, 3.05) is 13.1 Å². The molecule has 1 atom stereocenters. The van der Waals surface area contributed by atoms with Crippen LogP contribution < -0.4 is 10.6 Å². The summed E-state index contributed by atoms with van der Waals surface area (Å²) in [5, 5.41) is 6.86. The Labute approximate surface area is 113 Å². The van der Waals surface area contributed by atoms with Gasteiger partial charge in [0.2, 0.25) is 5.91 Å². The molecule has 1 amide bonds. The molecule has 0 spiro atoms. The third kappa shape index (κ3) is 4.31. The van der Waals surface area contributed by atoms with Crippen molar-refractivity contribution in [1.29, 1.82) is 0 Å². The number of hydrogen-bond donors (Lipinski definition) is 2. The molecule has 1 aromatic rings. The van der Waals surface area contributed by atoms with Gasteiger partial charge in [-0.2, -0.15) is 0 Å². The highest BCUT2D eigenvalue weighted by Gasteiger charge is 2.20. The molecule has 2 N–H and O–H groups in total. The Morgan fingerprint density at radius 2 is 2.06 bits per heavy atom. The van der Waals surface area contributed by atoms with Crippen molar-refractivity contribution in [3.05, 3.63) is 34.9 Å². The summed E-state index contributed by atoms with van der Waals surface area (Å²) in [4.78, 5) is 11.7. The lowest BCUT2D eigenvalue weighted by Gasteiger charge is -2.14. The maximum atomic E-state index is 11.7. The summed E-state index contributed by atoms with van der Waals surface area (Å²) in [6.45, 7) is 3.33. The van der Waals surface area contributed by atoms with Crippen molar-refractivity contribution in [3.8, 4) is 0 Å². The number of hydrogen-bond acceptors (Lipinski definition) is 2. The van der Waals surface area contributed by atoms with Crippen LogP contribution in [-0.4, -0.2) is 19.0 Å². The van der Waals surface area contributed by atoms with Crippen LogP contribution in [0.15, 0.2) is 24.3 Å². The predicted molar refractivity (Wildman–Crippen MR) is 73.6 cm³/mol. The van der Waals surface area contributed by atoms with E-state index in [0.717, 1.165) is 18.0 Å². The molecule has 0 radical (unpaired) electrons. The first-order valence-electron chi connectivity index (χ1n) is 6.40. The second-order valence-corrected chi connectivity index (χ2v) is 5.35. The second-order valence-electron chi connectivity index (χ2n) is 4.92. The van der Waals surface area contributed by atoms with Crippen molar-refractivity contribution in [2.24, 2.45) is 5.92 Å². The zero-order valence-corrected chi connectivity index (χ0v) is 11.3. The minimum atomic E-state index is 0.0116. The minimum absolute atomic E-state index is 0.0116. The van der Waals surface area contributed by atoms with Gasteiger partial charge in [0.25, 0.3) is 0 Å². The average molecular weight is 267 g/mol. The van der Waals surface area contributed by atoms with E-state index < -0.39 is 0 Å². The normalized spacial score (nSPS) is 16.3. The quantitative estimate of drug-likeness (QED) is 0.831. The lowest BCUT2D eigenvalue weighted by atomic mass is 10.1. The summed E-state index contributed by atoms with van der Waals surface area (Å²) in [5.74, 6) is 0.838. The number of nitrogens with one attached hydrogen (secondary N) is 2. The smallest absolute Gasteiger partial charge is 0.234 e. The highest BCUT2D eigenvalue weighted by Crippen LogP contribution is 2.27. The number of rotatable bonds is 6. The first-order chi connectivity index (χ1) is 8.65. The van der Waals surface area contributed by atoms with E-state index in [4.69, 9.17) is 11.6 Å². The Hall–Kier alpha value is -1.06. The summed E-state index contributed by atoms with van der Waals surface area (Å²) in [6.07, 6.45) is 2.60. The van der Waals surface area contributed by atoms with Crippen LogP contribution in [0.1, 0.15) is 31.4 Å². The Kier molecular flexibility index (Phi) is 4.61. The first kappa shape index (κ1) is 13.4. The molecule has 0 aromatic heterocycles. The Bertz CT molecular complexity index is 401. The van der Waals surface area contributed by atoms with E-state index >= 15 is 0 Å². The van der Waals surface area contributed by atoms with Crippen molar-refractivity contribution in [1.82, 2.24) is 10.6 Å². The van der Waals surface area contributed by atoms with Crippen LogP contribution in [0.3, 0.4) is 0 Å². The van der Waals surface area contributed by atoms with Crippen LogP contribution >= 0.6 is 11.6 Å². The van der Waals surface area contributed by atoms with Crippen LogP contribution in [0.25, 0.3) is 0 Å². The molecule has 0 aliphatic heterocycles. The van der Waals surface area contributed by atoms with Gasteiger partial charge in [-0.1, -0.05) is 23.7 Å². The van der Waals surface area contributed by atoms with Gasteiger partial charge >= 0.3 is 0 Å². The molecule has 98 valence electrons. The van der Waals surface area contributed by atoms with E-state index in [1.165, 1.54) is 12.8 Å². The molecule has 0 saturated heterocycles. The number of carbonyl (C=O) groups is 1. The van der Waals surface area contributed by atoms with Gasteiger partial charge in [-0.15, -0.1) is 0 Å². The molecular weight excluding hydrogens is 248 g/mol. The fraction of sp³-hybridized carbons (Fsp3) is 0.500. The predicted octanol–water partition coefficient (Wildman–Crippen LogP) is 2.52. The largest absolute Gasteiger partial charge is 0.348 e. The maximum Gasteiger partial charge on any atom is 0.234 e. The van der Waals surface area contributed by atoms with Gasteiger partial charge in [0.1, 0.15) is 0 Å². The molecule has 1 aromatic carbocycles. The molecule has 0 heterocycles. The summed E-state index contributed by atoms with van der Waals surface area (Å²) in [5.41, 5.74) is 1.06. The van der Waals surface area contributed by atoms with Crippen LogP contribution in [0.2, 0.25) is 5.02 Å². The Morgan fingerprint density at radius 3 is 2.67 bits per heavy atom. The number of benzene rings is 1. The molecule has 1 aliphatic carbocycles. The number of carbonyl (C=O) groups excluding carboxylic acids is 1. The molecule has 18 heavy (non-hydrogen) atoms. The van der Waals surface area contributed by atoms with Crippen LogP contribution in [0, 0.1) is 5.92 Å². The molecule has 1 saturated carbocycles. The highest BCUT2D eigenvalue weighted by molar-refractivity contribution is 6.30. The van der Waals surface area contributed by atoms with Crippen molar-refractivity contribution in [2.45, 2.75) is 25.8 Å². The summed E-state index contributed by atoms with van der Waals surface area (Å²) < 4.78 is 0. The van der Waals surface area contributed by atoms with Crippen LogP contribution in [-0.2, 0) is 4.79 Å². The first-order valence-corrected chi connectivity index (χ1v) is 6.78. The van der Waals surface area contributed by atoms with E-state index in [-0.39, 0.29) is 11.9 Å². The minimum Gasteiger partial charge on any atom is -0.348 e. The Morgan fingerprint density at radius 1 is 1.39 bits per heavy atom. The SMILES string of the molecule is C[C@H](NC(=O)CNCC1CC1)c1ccc(Cl)cc1. The summed E-state index contributed by atoms with van der Waals surface area (Å²) in [7, 11) is 0. The molecule has 0 unspecified atom stereocenters. The van der Waals surface area contributed by atoms with E-state index in [0.29, 0.717) is 11.6 Å². The lowest BCUT2D eigenvalue weighted by Crippen LogP contribution is -2.36. The van der Waals surface area contributed by atoms with E-state index in [9.17, 15) is 4.79 Å². The molecular formula is C14H19ClN2O. The van der Waals surface area contributed by atoms with Crippen LogP contribution in [0.4, 0.5) is 0 Å². The second kappa shape index (κ2) is 6.21. The van der Waals surface area contributed by atoms with Gasteiger partial charge in [-0.05, 0) is 49.9 Å². The molecule has 2 rings (SSSR count). The fourth-order valence-corrected chi connectivity index (χ4v) is 1.97. The standard InChI is InChI=1S/C14H19ClN2O/c1-10(12-4-6-13(15)7-5-12)17-14(18)9-16-8-11-2-3-11/h4-7,10-11,16H,2-3,8-9H2,1H3,(H,17,18)/t10-/m0/s1. The molecule has 1 aliphatic rings. The van der Waals surface area contributed by atoms with Gasteiger partial charge in [-0.3, -0.25) is 4.79 Å². The fourth-order valence-electron chi connectivity index (χ4n) is 1.84. The molecule has 0 bridgehead atoms. The van der Waals surface area contributed by atoms with E-state index in [1.54, 1.807) is 0 Å². The zero-order chi connectivity index (χ0) is 13.0. The molecule has 1 fully saturated rings. The number of amides is 1. The lowest BCUT2D eigenvalue weighted by molar-refractivity contribution is -0.120. The molecule has 4 heteroatoms. The topological polar surface area (TPSA) is 41.1 Å². The van der Waals surface area contributed by atoms with Crippen molar-refractivity contribution >= 4 is 17.5 Å². The molecule has 3 nitrogen and oxygen atoms in total. The van der Waals surface area contributed by atoms with Gasteiger partial charge in [0.15, 0.2) is 0 Å². The summed E-state index contributed by atoms with van der Waals surface area (Å²) >= 11 is 5.83. The third-order valence-corrected chi connectivity index (χ3v) is 3.41. The Balaban J connectivity index is 1.73. The highest BCUT2D eigenvalue weighted by atomic mass is 35.5. The van der Waals surface area contributed by atoms with E-state index in [2.05, 4.69) is 10.6 Å². The average Bonchev–Trinajstić information content (AvgIpc) is 3.13.